The van der Waals surface area contributed by atoms with Gasteiger partial charge in [0.2, 0.25) is 0 Å². The van der Waals surface area contributed by atoms with Crippen LogP contribution in [0.3, 0.4) is 0 Å². The van der Waals surface area contributed by atoms with Gasteiger partial charge in [-0.15, -0.1) is 0 Å². The minimum atomic E-state index is 0.983. The van der Waals surface area contributed by atoms with Crippen LogP contribution in [0, 0.1) is 0 Å². The van der Waals surface area contributed by atoms with Crippen LogP contribution >= 0.6 is 0 Å². The number of para-hydroxylation sites is 1. The van der Waals surface area contributed by atoms with Crippen molar-refractivity contribution in [1.82, 2.24) is 0 Å². The number of rotatable bonds is 7. The molecule has 0 aliphatic rings. The molecule has 26 heavy (non-hydrogen) atoms. The van der Waals surface area contributed by atoms with Crippen molar-refractivity contribution in [3.05, 3.63) is 76.4 Å². The largest absolute Gasteiger partial charge is 0.355 e. The topological polar surface area (TPSA) is 12.0 Å². The van der Waals surface area contributed by atoms with Gasteiger partial charge in [0.05, 0.1) is 0 Å². The fourth-order valence-corrected chi connectivity index (χ4v) is 3.40. The smallest absolute Gasteiger partial charge is 0.0429 e. The summed E-state index contributed by atoms with van der Waals surface area (Å²) in [7, 11) is 0. The number of anilines is 2. The Labute approximate surface area is 159 Å². The standard InChI is InChI=1S/C25H31N/c1-6-13-20-18-25(26-24-17-12-11-16-19(24)9-4)21(10-5)23(15-8-3)22(20)14-7-2/h6-8,11-18,26H,9-10H2,1-5H3. The molecule has 0 aliphatic heterocycles. The summed E-state index contributed by atoms with van der Waals surface area (Å²) in [4.78, 5) is 0. The lowest BCUT2D eigenvalue weighted by molar-refractivity contribution is 1.12. The molecule has 0 fully saturated rings. The molecular weight excluding hydrogens is 314 g/mol. The summed E-state index contributed by atoms with van der Waals surface area (Å²) in [6.45, 7) is 10.7. The summed E-state index contributed by atoms with van der Waals surface area (Å²) in [5.41, 5.74) is 8.93. The minimum Gasteiger partial charge on any atom is -0.355 e. The summed E-state index contributed by atoms with van der Waals surface area (Å²) in [5.74, 6) is 0. The van der Waals surface area contributed by atoms with Gasteiger partial charge in [-0.2, -0.15) is 0 Å². The Bertz CT molecular complexity index is 822. The number of benzene rings is 2. The summed E-state index contributed by atoms with van der Waals surface area (Å²) in [6.07, 6.45) is 15.0. The molecule has 136 valence electrons. The third-order valence-electron chi connectivity index (χ3n) is 4.59. The highest BCUT2D eigenvalue weighted by Crippen LogP contribution is 2.34. The van der Waals surface area contributed by atoms with E-state index in [1.54, 1.807) is 0 Å². The maximum Gasteiger partial charge on any atom is 0.0429 e. The second kappa shape index (κ2) is 9.82. The number of nitrogens with one attached hydrogen (secondary N) is 1. The summed E-state index contributed by atoms with van der Waals surface area (Å²) < 4.78 is 0. The first-order valence-electron chi connectivity index (χ1n) is 9.62. The minimum absolute atomic E-state index is 0.983. The molecular formula is C25H31N. The highest BCUT2D eigenvalue weighted by atomic mass is 14.9. The Hall–Kier alpha value is -2.54. The third kappa shape index (κ3) is 4.35. The maximum atomic E-state index is 3.72. The first kappa shape index (κ1) is 19.8. The van der Waals surface area contributed by atoms with E-state index in [-0.39, 0.29) is 0 Å². The number of hydrogen-bond acceptors (Lipinski definition) is 1. The van der Waals surface area contributed by atoms with E-state index in [1.807, 2.05) is 0 Å². The van der Waals surface area contributed by atoms with Gasteiger partial charge < -0.3 is 5.32 Å². The van der Waals surface area contributed by atoms with Gasteiger partial charge in [-0.05, 0) is 73.6 Å². The van der Waals surface area contributed by atoms with Crippen LogP contribution in [0.1, 0.15) is 62.4 Å². The zero-order valence-electron chi connectivity index (χ0n) is 16.8. The molecule has 2 aromatic rings. The Morgan fingerprint density at radius 2 is 1.42 bits per heavy atom. The third-order valence-corrected chi connectivity index (χ3v) is 4.59. The highest BCUT2D eigenvalue weighted by molar-refractivity contribution is 5.82. The van der Waals surface area contributed by atoms with Gasteiger partial charge in [0.25, 0.3) is 0 Å². The van der Waals surface area contributed by atoms with Crippen molar-refractivity contribution >= 4 is 29.6 Å². The molecule has 1 heteroatoms. The predicted molar refractivity (Wildman–Crippen MR) is 119 cm³/mol. The summed E-state index contributed by atoms with van der Waals surface area (Å²) in [5, 5.41) is 3.72. The van der Waals surface area contributed by atoms with Crippen LogP contribution in [0.5, 0.6) is 0 Å². The van der Waals surface area contributed by atoms with Gasteiger partial charge in [-0.1, -0.05) is 68.5 Å². The van der Waals surface area contributed by atoms with Crippen molar-refractivity contribution in [1.29, 1.82) is 0 Å². The fraction of sp³-hybridized carbons (Fsp3) is 0.280. The van der Waals surface area contributed by atoms with Gasteiger partial charge in [0, 0.05) is 11.4 Å². The van der Waals surface area contributed by atoms with Crippen molar-refractivity contribution in [3.63, 3.8) is 0 Å². The Morgan fingerprint density at radius 1 is 0.769 bits per heavy atom. The Balaban J connectivity index is 2.72. The molecule has 0 unspecified atom stereocenters. The monoisotopic (exact) mass is 345 g/mol. The van der Waals surface area contributed by atoms with Gasteiger partial charge in [0.1, 0.15) is 0 Å². The molecule has 1 nitrogen and oxygen atoms in total. The van der Waals surface area contributed by atoms with E-state index in [4.69, 9.17) is 0 Å². The van der Waals surface area contributed by atoms with Gasteiger partial charge in [-0.25, -0.2) is 0 Å². The molecule has 0 amide bonds. The lowest BCUT2D eigenvalue weighted by Crippen LogP contribution is -2.03. The SMILES string of the molecule is CC=Cc1cc(Nc2ccccc2CC)c(CC)c(C=CC)c1C=CC. The van der Waals surface area contributed by atoms with Crippen molar-refractivity contribution in [3.8, 4) is 0 Å². The highest BCUT2D eigenvalue weighted by Gasteiger charge is 2.13. The van der Waals surface area contributed by atoms with E-state index >= 15 is 0 Å². The van der Waals surface area contributed by atoms with E-state index < -0.39 is 0 Å². The molecule has 2 aromatic carbocycles. The Morgan fingerprint density at radius 3 is 2.04 bits per heavy atom. The molecule has 0 bridgehead atoms. The maximum absolute atomic E-state index is 3.72. The average molecular weight is 346 g/mol. The van der Waals surface area contributed by atoms with Crippen LogP contribution in [0.4, 0.5) is 11.4 Å². The Kier molecular flexibility index (Phi) is 7.47. The van der Waals surface area contributed by atoms with E-state index in [0.29, 0.717) is 0 Å². The molecule has 0 spiro atoms. The van der Waals surface area contributed by atoms with Crippen LogP contribution in [-0.2, 0) is 12.8 Å². The number of allylic oxidation sites excluding steroid dienone is 3. The molecule has 0 radical (unpaired) electrons. The average Bonchev–Trinajstić information content (AvgIpc) is 2.65. The van der Waals surface area contributed by atoms with Crippen molar-refractivity contribution in [2.24, 2.45) is 0 Å². The second-order valence-electron chi connectivity index (χ2n) is 6.31. The van der Waals surface area contributed by atoms with Crippen molar-refractivity contribution < 1.29 is 0 Å². The molecule has 0 heterocycles. The molecule has 0 saturated carbocycles. The molecule has 0 atom stereocenters. The first-order valence-corrected chi connectivity index (χ1v) is 9.62. The number of hydrogen-bond donors (Lipinski definition) is 1. The quantitative estimate of drug-likeness (QED) is 0.543. The van der Waals surface area contributed by atoms with Crippen LogP contribution in [-0.4, -0.2) is 0 Å². The zero-order chi connectivity index (χ0) is 18.9. The fourth-order valence-electron chi connectivity index (χ4n) is 3.40. The zero-order valence-corrected chi connectivity index (χ0v) is 16.8. The molecule has 0 saturated heterocycles. The molecule has 0 aromatic heterocycles. The number of aryl methyl sites for hydroxylation is 1. The molecule has 0 aliphatic carbocycles. The van der Waals surface area contributed by atoms with Gasteiger partial charge in [-0.3, -0.25) is 0 Å². The van der Waals surface area contributed by atoms with Crippen molar-refractivity contribution in [2.45, 2.75) is 47.5 Å². The van der Waals surface area contributed by atoms with E-state index in [2.05, 4.69) is 107 Å². The molecule has 1 N–H and O–H groups in total. The lowest BCUT2D eigenvalue weighted by atomic mass is 9.91. The molecule has 2 rings (SSSR count). The van der Waals surface area contributed by atoms with E-state index in [9.17, 15) is 0 Å². The second-order valence-corrected chi connectivity index (χ2v) is 6.31. The van der Waals surface area contributed by atoms with Crippen LogP contribution in [0.15, 0.2) is 48.6 Å². The lowest BCUT2D eigenvalue weighted by Gasteiger charge is -2.20. The van der Waals surface area contributed by atoms with Crippen molar-refractivity contribution in [2.75, 3.05) is 5.32 Å². The van der Waals surface area contributed by atoms with Crippen LogP contribution < -0.4 is 5.32 Å². The van der Waals surface area contributed by atoms with Crippen LogP contribution in [0.2, 0.25) is 0 Å². The van der Waals surface area contributed by atoms with Gasteiger partial charge in [0.15, 0.2) is 0 Å². The normalized spacial score (nSPS) is 11.9. The van der Waals surface area contributed by atoms with E-state index in [0.717, 1.165) is 12.8 Å². The summed E-state index contributed by atoms with van der Waals surface area (Å²) in [6, 6.07) is 10.9. The first-order chi connectivity index (χ1) is 12.7. The van der Waals surface area contributed by atoms with E-state index in [1.165, 1.54) is 39.2 Å². The van der Waals surface area contributed by atoms with Gasteiger partial charge >= 0.3 is 0 Å². The van der Waals surface area contributed by atoms with Crippen LogP contribution in [0.25, 0.3) is 18.2 Å². The summed E-state index contributed by atoms with van der Waals surface area (Å²) >= 11 is 0. The predicted octanol–water partition coefficient (Wildman–Crippen LogP) is 7.65.